The molecule has 2 aromatic rings. The van der Waals surface area contributed by atoms with E-state index in [4.69, 9.17) is 0 Å². The Balaban J connectivity index is 1.50. The topological polar surface area (TPSA) is 34.6 Å². The van der Waals surface area contributed by atoms with Crippen LogP contribution in [0.3, 0.4) is 0 Å². The highest BCUT2D eigenvalue weighted by atomic mass is 32.1. The van der Waals surface area contributed by atoms with E-state index in [0.717, 1.165) is 55.8 Å². The fourth-order valence-corrected chi connectivity index (χ4v) is 3.32. The van der Waals surface area contributed by atoms with Gasteiger partial charge in [0.2, 0.25) is 0 Å². The number of likely N-dealkylation sites (N-methyl/N-ethyl adjacent to an activating group) is 1. The number of anilines is 3. The van der Waals surface area contributed by atoms with Crippen molar-refractivity contribution in [1.29, 1.82) is 0 Å². The highest BCUT2D eigenvalue weighted by Gasteiger charge is 2.17. The predicted octanol–water partition coefficient (Wildman–Crippen LogP) is 2.57. The molecule has 124 valence electrons. The Labute approximate surface area is 142 Å². The fraction of sp³-hybridized carbons (Fsp3) is 0.471. The Kier molecular flexibility index (Phi) is 5.48. The van der Waals surface area contributed by atoms with Gasteiger partial charge in [0.15, 0.2) is 0 Å². The molecular formula is C17H25N5S. The molecule has 3 rings (SSSR count). The van der Waals surface area contributed by atoms with Crippen LogP contribution in [-0.4, -0.2) is 68.1 Å². The van der Waals surface area contributed by atoms with E-state index >= 15 is 0 Å². The quantitative estimate of drug-likeness (QED) is 0.880. The van der Waals surface area contributed by atoms with Crippen molar-refractivity contribution < 1.29 is 0 Å². The van der Waals surface area contributed by atoms with E-state index in [-0.39, 0.29) is 0 Å². The first-order chi connectivity index (χ1) is 11.2. The Morgan fingerprint density at radius 2 is 2.00 bits per heavy atom. The smallest absolute Gasteiger partial charge is 0.128 e. The fourth-order valence-electron chi connectivity index (χ4n) is 2.68. The van der Waals surface area contributed by atoms with E-state index in [1.807, 2.05) is 12.3 Å². The summed E-state index contributed by atoms with van der Waals surface area (Å²) in [6.07, 6.45) is 1.92. The van der Waals surface area contributed by atoms with Crippen LogP contribution in [0.4, 0.5) is 16.5 Å². The molecule has 1 aliphatic heterocycles. The number of pyridine rings is 1. The first-order valence-corrected chi connectivity index (χ1v) is 8.97. The summed E-state index contributed by atoms with van der Waals surface area (Å²) < 4.78 is 0. The Morgan fingerprint density at radius 1 is 1.17 bits per heavy atom. The van der Waals surface area contributed by atoms with Crippen LogP contribution in [0.15, 0.2) is 35.8 Å². The molecule has 1 fully saturated rings. The molecule has 0 atom stereocenters. The zero-order chi connectivity index (χ0) is 16.1. The largest absolute Gasteiger partial charge is 0.354 e. The van der Waals surface area contributed by atoms with Crippen molar-refractivity contribution in [2.45, 2.75) is 0 Å². The van der Waals surface area contributed by atoms with Gasteiger partial charge in [0, 0.05) is 39.3 Å². The minimum Gasteiger partial charge on any atom is -0.354 e. The summed E-state index contributed by atoms with van der Waals surface area (Å²) in [4.78, 5) is 11.8. The minimum atomic E-state index is 1.04. The van der Waals surface area contributed by atoms with Crippen molar-refractivity contribution in [1.82, 2.24) is 14.8 Å². The minimum absolute atomic E-state index is 1.04. The monoisotopic (exact) mass is 331 g/mol. The maximum atomic E-state index is 4.62. The molecule has 0 aromatic carbocycles. The second kappa shape index (κ2) is 7.77. The third kappa shape index (κ3) is 4.67. The first-order valence-electron chi connectivity index (χ1n) is 8.09. The SMILES string of the molecule is CN(C)CCN1CCN(c2ccc(Nc3cccs3)cn2)CC1. The summed E-state index contributed by atoms with van der Waals surface area (Å²) in [6, 6.07) is 8.35. The Bertz CT molecular complexity index is 574. The van der Waals surface area contributed by atoms with Gasteiger partial charge in [-0.2, -0.15) is 0 Å². The standard InChI is InChI=1S/C17H25N5S/c1-20(2)7-8-21-9-11-22(12-10-21)16-6-5-15(14-18-16)19-17-4-3-13-23-17/h3-6,13-14,19H,7-12H2,1-2H3. The van der Waals surface area contributed by atoms with Crippen LogP contribution in [0, 0.1) is 0 Å². The normalized spacial score (nSPS) is 16.0. The molecule has 1 aliphatic rings. The average molecular weight is 331 g/mol. The maximum Gasteiger partial charge on any atom is 0.128 e. The molecule has 3 heterocycles. The van der Waals surface area contributed by atoms with Gasteiger partial charge in [-0.15, -0.1) is 11.3 Å². The van der Waals surface area contributed by atoms with Gasteiger partial charge in [-0.05, 0) is 43.7 Å². The Hall–Kier alpha value is -1.63. The summed E-state index contributed by atoms with van der Waals surface area (Å²) in [5.41, 5.74) is 1.04. The lowest BCUT2D eigenvalue weighted by molar-refractivity contribution is 0.229. The number of rotatable bonds is 6. The molecule has 1 N–H and O–H groups in total. The molecule has 0 saturated carbocycles. The van der Waals surface area contributed by atoms with E-state index in [0.29, 0.717) is 0 Å². The number of hydrogen-bond acceptors (Lipinski definition) is 6. The molecule has 6 heteroatoms. The van der Waals surface area contributed by atoms with E-state index in [1.165, 1.54) is 0 Å². The van der Waals surface area contributed by atoms with Crippen LogP contribution in [0.1, 0.15) is 0 Å². The lowest BCUT2D eigenvalue weighted by Crippen LogP contribution is -2.48. The van der Waals surface area contributed by atoms with Crippen LogP contribution in [0.2, 0.25) is 0 Å². The average Bonchev–Trinajstić information content (AvgIpc) is 3.07. The first kappa shape index (κ1) is 16.2. The molecule has 1 saturated heterocycles. The Morgan fingerprint density at radius 3 is 2.61 bits per heavy atom. The zero-order valence-electron chi connectivity index (χ0n) is 13.9. The van der Waals surface area contributed by atoms with Crippen molar-refractivity contribution in [2.75, 3.05) is 63.6 Å². The van der Waals surface area contributed by atoms with E-state index < -0.39 is 0 Å². The van der Waals surface area contributed by atoms with Gasteiger partial charge in [0.1, 0.15) is 5.82 Å². The summed E-state index contributed by atoms with van der Waals surface area (Å²) in [5.74, 6) is 1.08. The number of hydrogen-bond donors (Lipinski definition) is 1. The molecule has 5 nitrogen and oxygen atoms in total. The zero-order valence-corrected chi connectivity index (χ0v) is 14.7. The predicted molar refractivity (Wildman–Crippen MR) is 99.0 cm³/mol. The number of piperazine rings is 1. The lowest BCUT2D eigenvalue weighted by atomic mass is 10.3. The van der Waals surface area contributed by atoms with Crippen molar-refractivity contribution in [2.24, 2.45) is 0 Å². The third-order valence-electron chi connectivity index (χ3n) is 4.10. The van der Waals surface area contributed by atoms with E-state index in [2.05, 4.69) is 62.7 Å². The van der Waals surface area contributed by atoms with Crippen molar-refractivity contribution in [3.63, 3.8) is 0 Å². The van der Waals surface area contributed by atoms with E-state index in [1.54, 1.807) is 11.3 Å². The lowest BCUT2D eigenvalue weighted by Gasteiger charge is -2.35. The van der Waals surface area contributed by atoms with Gasteiger partial charge >= 0.3 is 0 Å². The van der Waals surface area contributed by atoms with Gasteiger partial charge in [-0.1, -0.05) is 0 Å². The number of nitrogens with zero attached hydrogens (tertiary/aromatic N) is 4. The van der Waals surface area contributed by atoms with Crippen molar-refractivity contribution >= 4 is 27.8 Å². The summed E-state index contributed by atoms with van der Waals surface area (Å²) in [7, 11) is 4.26. The van der Waals surface area contributed by atoms with Gasteiger partial charge in [0.05, 0.1) is 16.9 Å². The second-order valence-corrected chi connectivity index (χ2v) is 7.09. The molecule has 0 radical (unpaired) electrons. The van der Waals surface area contributed by atoms with E-state index in [9.17, 15) is 0 Å². The van der Waals surface area contributed by atoms with Crippen LogP contribution < -0.4 is 10.2 Å². The molecule has 0 unspecified atom stereocenters. The van der Waals surface area contributed by atoms with Crippen molar-refractivity contribution in [3.8, 4) is 0 Å². The molecular weight excluding hydrogens is 306 g/mol. The van der Waals surface area contributed by atoms with Crippen LogP contribution in [-0.2, 0) is 0 Å². The van der Waals surface area contributed by atoms with Gasteiger partial charge in [0.25, 0.3) is 0 Å². The molecule has 0 bridgehead atoms. The number of thiophene rings is 1. The highest BCUT2D eigenvalue weighted by molar-refractivity contribution is 7.14. The highest BCUT2D eigenvalue weighted by Crippen LogP contribution is 2.22. The molecule has 2 aromatic heterocycles. The molecule has 0 spiro atoms. The summed E-state index contributed by atoms with van der Waals surface area (Å²) in [5, 5.41) is 6.59. The summed E-state index contributed by atoms with van der Waals surface area (Å²) in [6.45, 7) is 6.62. The summed E-state index contributed by atoms with van der Waals surface area (Å²) >= 11 is 1.70. The number of nitrogens with one attached hydrogen (secondary N) is 1. The number of aromatic nitrogens is 1. The second-order valence-electron chi connectivity index (χ2n) is 6.14. The van der Waals surface area contributed by atoms with Gasteiger partial charge < -0.3 is 15.1 Å². The van der Waals surface area contributed by atoms with Crippen LogP contribution >= 0.6 is 11.3 Å². The van der Waals surface area contributed by atoms with Gasteiger partial charge in [-0.25, -0.2) is 4.98 Å². The van der Waals surface area contributed by atoms with Gasteiger partial charge in [-0.3, -0.25) is 4.90 Å². The molecule has 0 aliphatic carbocycles. The molecule has 0 amide bonds. The third-order valence-corrected chi connectivity index (χ3v) is 4.88. The maximum absolute atomic E-state index is 4.62. The van der Waals surface area contributed by atoms with Crippen LogP contribution in [0.5, 0.6) is 0 Å². The van der Waals surface area contributed by atoms with Crippen LogP contribution in [0.25, 0.3) is 0 Å². The van der Waals surface area contributed by atoms with Crippen molar-refractivity contribution in [3.05, 3.63) is 35.8 Å². The molecule has 23 heavy (non-hydrogen) atoms.